The molecule has 4 aromatic rings. The van der Waals surface area contributed by atoms with Crippen molar-refractivity contribution >= 4 is 17.0 Å². The van der Waals surface area contributed by atoms with Crippen LogP contribution in [-0.2, 0) is 6.42 Å². The van der Waals surface area contributed by atoms with Crippen LogP contribution in [0.5, 0.6) is 0 Å². The van der Waals surface area contributed by atoms with Crippen LogP contribution in [-0.4, -0.2) is 56.6 Å². The second-order valence-corrected chi connectivity index (χ2v) is 7.06. The van der Waals surface area contributed by atoms with Gasteiger partial charge in [0.05, 0.1) is 17.0 Å². The lowest BCUT2D eigenvalue weighted by Crippen LogP contribution is -2.15. The van der Waals surface area contributed by atoms with E-state index in [1.54, 1.807) is 12.4 Å². The Morgan fingerprint density at radius 3 is 2.79 bits per heavy atom. The molecule has 0 fully saturated rings. The number of rotatable bonds is 6. The van der Waals surface area contributed by atoms with E-state index in [0.717, 1.165) is 23.6 Å². The Morgan fingerprint density at radius 2 is 2.03 bits per heavy atom. The van der Waals surface area contributed by atoms with E-state index < -0.39 is 11.8 Å². The Morgan fingerprint density at radius 1 is 1.21 bits per heavy atom. The highest BCUT2D eigenvalue weighted by Crippen LogP contribution is 2.35. The summed E-state index contributed by atoms with van der Waals surface area (Å²) in [6, 6.07) is 7.46. The number of halogens is 1. The minimum atomic E-state index is -1.12. The van der Waals surface area contributed by atoms with Crippen LogP contribution in [0.15, 0.2) is 42.7 Å². The van der Waals surface area contributed by atoms with Crippen LogP contribution in [0.4, 0.5) is 4.39 Å². The Kier molecular flexibility index (Phi) is 4.85. The average molecular weight is 393 g/mol. The van der Waals surface area contributed by atoms with Crippen molar-refractivity contribution in [2.24, 2.45) is 0 Å². The number of carbonyl (C=O) groups is 1. The topological polar surface area (TPSA) is 97.9 Å². The van der Waals surface area contributed by atoms with Crippen LogP contribution in [0.25, 0.3) is 33.5 Å². The van der Waals surface area contributed by atoms with Gasteiger partial charge in [-0.1, -0.05) is 0 Å². The molecule has 0 radical (unpaired) electrons. The monoisotopic (exact) mass is 393 g/mol. The number of hydrogen-bond donors (Lipinski definition) is 3. The molecule has 3 heterocycles. The summed E-state index contributed by atoms with van der Waals surface area (Å²) in [5.74, 6) is -0.946. The van der Waals surface area contributed by atoms with Crippen LogP contribution in [0.3, 0.4) is 0 Å². The highest BCUT2D eigenvalue weighted by Gasteiger charge is 2.20. The van der Waals surface area contributed by atoms with Crippen molar-refractivity contribution in [1.82, 2.24) is 24.8 Å². The number of aromatic carboxylic acids is 1. The van der Waals surface area contributed by atoms with Crippen molar-refractivity contribution in [2.45, 2.75) is 6.42 Å². The normalized spacial score (nSPS) is 11.4. The zero-order valence-corrected chi connectivity index (χ0v) is 16.0. The molecule has 0 aliphatic rings. The van der Waals surface area contributed by atoms with E-state index in [1.807, 2.05) is 31.1 Å². The number of nitrogens with one attached hydrogen (secondary N) is 2. The lowest BCUT2D eigenvalue weighted by atomic mass is 10.0. The van der Waals surface area contributed by atoms with E-state index in [0.29, 0.717) is 29.3 Å². The molecule has 0 spiro atoms. The summed E-state index contributed by atoms with van der Waals surface area (Å²) < 4.78 is 14.7. The minimum absolute atomic E-state index is 0.00621. The fourth-order valence-corrected chi connectivity index (χ4v) is 3.28. The maximum atomic E-state index is 14.7. The van der Waals surface area contributed by atoms with Crippen LogP contribution < -0.4 is 0 Å². The summed E-state index contributed by atoms with van der Waals surface area (Å²) in [4.78, 5) is 28.8. The third-order valence-electron chi connectivity index (χ3n) is 4.75. The minimum Gasteiger partial charge on any atom is -0.478 e. The van der Waals surface area contributed by atoms with Gasteiger partial charge in [0.2, 0.25) is 0 Å². The summed E-state index contributed by atoms with van der Waals surface area (Å²) in [6.07, 6.45) is 4.10. The van der Waals surface area contributed by atoms with Gasteiger partial charge in [-0.25, -0.2) is 19.2 Å². The van der Waals surface area contributed by atoms with Crippen molar-refractivity contribution in [1.29, 1.82) is 0 Å². The maximum absolute atomic E-state index is 14.7. The second kappa shape index (κ2) is 7.48. The fourth-order valence-electron chi connectivity index (χ4n) is 3.28. The van der Waals surface area contributed by atoms with E-state index in [4.69, 9.17) is 0 Å². The summed E-state index contributed by atoms with van der Waals surface area (Å²) in [5.41, 5.74) is 2.69. The van der Waals surface area contributed by atoms with Gasteiger partial charge in [0, 0.05) is 41.9 Å². The second-order valence-electron chi connectivity index (χ2n) is 7.06. The van der Waals surface area contributed by atoms with Gasteiger partial charge >= 0.3 is 5.97 Å². The predicted octanol–water partition coefficient (Wildman–Crippen LogP) is 3.56. The summed E-state index contributed by atoms with van der Waals surface area (Å²) in [7, 11) is 3.93. The SMILES string of the molecule is CN(C)CCc1nc(-c2cc(C(=O)O)ccc2F)c(-c2ccnc3[nH]ccc23)[nH]1. The number of imidazole rings is 1. The summed E-state index contributed by atoms with van der Waals surface area (Å²) >= 11 is 0. The third kappa shape index (κ3) is 3.62. The van der Waals surface area contributed by atoms with E-state index in [-0.39, 0.29) is 11.1 Å². The smallest absolute Gasteiger partial charge is 0.335 e. The maximum Gasteiger partial charge on any atom is 0.335 e. The zero-order valence-electron chi connectivity index (χ0n) is 16.0. The van der Waals surface area contributed by atoms with Gasteiger partial charge in [0.15, 0.2) is 0 Å². The number of pyridine rings is 1. The molecule has 4 rings (SSSR count). The first-order valence-corrected chi connectivity index (χ1v) is 9.13. The molecule has 1 aromatic carbocycles. The number of aromatic nitrogens is 4. The van der Waals surface area contributed by atoms with Gasteiger partial charge < -0.3 is 20.0 Å². The number of likely N-dealkylation sites (N-methyl/N-ethyl adjacent to an activating group) is 1. The Labute approximate surface area is 166 Å². The van der Waals surface area contributed by atoms with Gasteiger partial charge in [0.1, 0.15) is 17.3 Å². The summed E-state index contributed by atoms with van der Waals surface area (Å²) in [5, 5.41) is 10.2. The highest BCUT2D eigenvalue weighted by molar-refractivity contribution is 5.96. The molecule has 0 unspecified atom stereocenters. The highest BCUT2D eigenvalue weighted by atomic mass is 19.1. The Balaban J connectivity index is 1.92. The van der Waals surface area contributed by atoms with Crippen molar-refractivity contribution in [3.05, 3.63) is 59.9 Å². The van der Waals surface area contributed by atoms with Crippen LogP contribution >= 0.6 is 0 Å². The fraction of sp³-hybridized carbons (Fsp3) is 0.190. The van der Waals surface area contributed by atoms with Crippen molar-refractivity contribution in [3.63, 3.8) is 0 Å². The standard InChI is InChI=1S/C21H20FN5O2/c1-27(2)10-7-17-25-18(13-5-8-23-20-14(13)6-9-24-20)19(26-17)15-11-12(21(28)29)3-4-16(15)22/h3-6,8-9,11H,7,10H2,1-2H3,(H,23,24)(H,25,26)(H,28,29). The zero-order chi connectivity index (χ0) is 20.5. The van der Waals surface area contributed by atoms with E-state index in [9.17, 15) is 14.3 Å². The van der Waals surface area contributed by atoms with Crippen molar-refractivity contribution in [2.75, 3.05) is 20.6 Å². The number of carboxylic acids is 1. The Hall–Kier alpha value is -3.52. The number of fused-ring (bicyclic) bond motifs is 1. The van der Waals surface area contributed by atoms with Crippen LogP contribution in [0, 0.1) is 5.82 Å². The predicted molar refractivity (Wildman–Crippen MR) is 108 cm³/mol. The van der Waals surface area contributed by atoms with Crippen LogP contribution in [0.1, 0.15) is 16.2 Å². The quantitative estimate of drug-likeness (QED) is 0.465. The lowest BCUT2D eigenvalue weighted by Gasteiger charge is -2.07. The van der Waals surface area contributed by atoms with Crippen molar-refractivity contribution < 1.29 is 14.3 Å². The molecule has 0 aliphatic heterocycles. The van der Waals surface area contributed by atoms with E-state index >= 15 is 0 Å². The number of carboxylic acid groups (broad SMARTS) is 1. The summed E-state index contributed by atoms with van der Waals surface area (Å²) in [6.45, 7) is 0.764. The van der Waals surface area contributed by atoms with Gasteiger partial charge in [0.25, 0.3) is 0 Å². The first-order chi connectivity index (χ1) is 13.9. The number of aromatic amines is 2. The largest absolute Gasteiger partial charge is 0.478 e. The Bertz CT molecular complexity index is 1190. The van der Waals surface area contributed by atoms with Gasteiger partial charge in [-0.15, -0.1) is 0 Å². The first-order valence-electron chi connectivity index (χ1n) is 9.13. The first kappa shape index (κ1) is 18.8. The van der Waals surface area contributed by atoms with Gasteiger partial charge in [-0.2, -0.15) is 0 Å². The van der Waals surface area contributed by atoms with Crippen molar-refractivity contribution in [3.8, 4) is 22.5 Å². The molecule has 3 aromatic heterocycles. The molecular formula is C21H20FN5O2. The molecule has 7 nitrogen and oxygen atoms in total. The molecule has 0 amide bonds. The molecule has 148 valence electrons. The number of benzene rings is 1. The molecule has 0 bridgehead atoms. The third-order valence-corrected chi connectivity index (χ3v) is 4.75. The van der Waals surface area contributed by atoms with E-state index in [1.165, 1.54) is 12.1 Å². The van der Waals surface area contributed by atoms with Gasteiger partial charge in [-0.05, 0) is 44.4 Å². The molecule has 29 heavy (non-hydrogen) atoms. The molecule has 0 aliphatic carbocycles. The number of nitrogens with zero attached hydrogens (tertiary/aromatic N) is 3. The van der Waals surface area contributed by atoms with Crippen LogP contribution in [0.2, 0.25) is 0 Å². The van der Waals surface area contributed by atoms with Gasteiger partial charge in [-0.3, -0.25) is 0 Å². The molecule has 8 heteroatoms. The number of H-pyrrole nitrogens is 2. The average Bonchev–Trinajstić information content (AvgIpc) is 3.33. The molecule has 0 saturated heterocycles. The molecule has 0 saturated carbocycles. The number of hydrogen-bond acceptors (Lipinski definition) is 4. The molecule has 0 atom stereocenters. The molecular weight excluding hydrogens is 373 g/mol. The lowest BCUT2D eigenvalue weighted by molar-refractivity contribution is 0.0697. The molecule has 3 N–H and O–H groups in total. The van der Waals surface area contributed by atoms with E-state index in [2.05, 4.69) is 19.9 Å².